The van der Waals surface area contributed by atoms with Crippen LogP contribution in [-0.4, -0.2) is 16.8 Å². The standard InChI is InChI=1S/C15H15F2N3OS/c1-10-3-2-8-18-13(10)9-19-15(21)20-11-4-6-12(7-5-11)22-14(16)17/h2-8,14H,9H2,1H3,(H2,19,20,21). The van der Waals surface area contributed by atoms with E-state index in [1.807, 2.05) is 19.1 Å². The topological polar surface area (TPSA) is 54.0 Å². The predicted octanol–water partition coefficient (Wildman–Crippen LogP) is 4.03. The first-order chi connectivity index (χ1) is 10.5. The lowest BCUT2D eigenvalue weighted by atomic mass is 10.2. The van der Waals surface area contributed by atoms with Gasteiger partial charge in [-0.3, -0.25) is 4.98 Å². The number of nitrogens with one attached hydrogen (secondary N) is 2. The molecular weight excluding hydrogens is 308 g/mol. The van der Waals surface area contributed by atoms with Gasteiger partial charge in [-0.05, 0) is 42.8 Å². The van der Waals surface area contributed by atoms with Crippen molar-refractivity contribution in [1.29, 1.82) is 0 Å². The molecule has 0 aliphatic rings. The number of hydrogen-bond donors (Lipinski definition) is 2. The summed E-state index contributed by atoms with van der Waals surface area (Å²) in [6.07, 6.45) is 1.67. The third-order valence-electron chi connectivity index (χ3n) is 2.87. The van der Waals surface area contributed by atoms with Crippen molar-refractivity contribution in [1.82, 2.24) is 10.3 Å². The molecule has 0 saturated carbocycles. The molecule has 0 atom stereocenters. The zero-order valence-corrected chi connectivity index (χ0v) is 12.7. The van der Waals surface area contributed by atoms with Gasteiger partial charge in [0.25, 0.3) is 5.76 Å². The molecule has 7 heteroatoms. The highest BCUT2D eigenvalue weighted by atomic mass is 32.2. The molecule has 1 aromatic carbocycles. The molecule has 0 saturated heterocycles. The smallest absolute Gasteiger partial charge is 0.319 e. The number of anilines is 1. The first-order valence-electron chi connectivity index (χ1n) is 6.55. The summed E-state index contributed by atoms with van der Waals surface area (Å²) in [4.78, 5) is 16.4. The van der Waals surface area contributed by atoms with E-state index in [2.05, 4.69) is 15.6 Å². The van der Waals surface area contributed by atoms with Crippen LogP contribution in [0.25, 0.3) is 0 Å². The fourth-order valence-corrected chi connectivity index (χ4v) is 2.26. The van der Waals surface area contributed by atoms with Crippen LogP contribution in [0.15, 0.2) is 47.5 Å². The van der Waals surface area contributed by atoms with Crippen LogP contribution in [0, 0.1) is 6.92 Å². The van der Waals surface area contributed by atoms with Gasteiger partial charge in [-0.25, -0.2) is 4.79 Å². The Balaban J connectivity index is 1.85. The number of aryl methyl sites for hydroxylation is 1. The highest BCUT2D eigenvalue weighted by Gasteiger charge is 2.06. The molecule has 0 aliphatic heterocycles. The van der Waals surface area contributed by atoms with Gasteiger partial charge in [0.1, 0.15) is 0 Å². The minimum atomic E-state index is -2.45. The largest absolute Gasteiger partial charge is 0.332 e. The number of pyridine rings is 1. The molecule has 0 radical (unpaired) electrons. The summed E-state index contributed by atoms with van der Waals surface area (Å²) < 4.78 is 24.4. The SMILES string of the molecule is Cc1cccnc1CNC(=O)Nc1ccc(SC(F)F)cc1. The summed E-state index contributed by atoms with van der Waals surface area (Å²) >= 11 is 0.465. The van der Waals surface area contributed by atoms with Gasteiger partial charge in [-0.1, -0.05) is 17.8 Å². The number of benzene rings is 1. The van der Waals surface area contributed by atoms with Crippen molar-refractivity contribution in [2.24, 2.45) is 0 Å². The van der Waals surface area contributed by atoms with Crippen LogP contribution in [-0.2, 0) is 6.54 Å². The van der Waals surface area contributed by atoms with E-state index in [0.29, 0.717) is 28.9 Å². The van der Waals surface area contributed by atoms with Crippen molar-refractivity contribution >= 4 is 23.5 Å². The number of alkyl halides is 2. The van der Waals surface area contributed by atoms with Crippen LogP contribution < -0.4 is 10.6 Å². The van der Waals surface area contributed by atoms with E-state index in [1.54, 1.807) is 18.3 Å². The van der Waals surface area contributed by atoms with E-state index >= 15 is 0 Å². The highest BCUT2D eigenvalue weighted by Crippen LogP contribution is 2.26. The van der Waals surface area contributed by atoms with E-state index in [9.17, 15) is 13.6 Å². The number of carbonyl (C=O) groups is 1. The second-order valence-electron chi connectivity index (χ2n) is 4.48. The third kappa shape index (κ3) is 5.00. The van der Waals surface area contributed by atoms with Crippen molar-refractivity contribution in [2.75, 3.05) is 5.32 Å². The quantitative estimate of drug-likeness (QED) is 0.817. The third-order valence-corrected chi connectivity index (χ3v) is 3.59. The van der Waals surface area contributed by atoms with Crippen molar-refractivity contribution in [3.63, 3.8) is 0 Å². The molecule has 0 fully saturated rings. The first-order valence-corrected chi connectivity index (χ1v) is 7.43. The maximum absolute atomic E-state index is 12.2. The van der Waals surface area contributed by atoms with Crippen LogP contribution in [0.1, 0.15) is 11.3 Å². The number of aromatic nitrogens is 1. The molecule has 116 valence electrons. The van der Waals surface area contributed by atoms with Gasteiger partial charge < -0.3 is 10.6 Å². The maximum Gasteiger partial charge on any atom is 0.319 e. The molecule has 4 nitrogen and oxygen atoms in total. The number of rotatable bonds is 5. The van der Waals surface area contributed by atoms with Gasteiger partial charge in [0.05, 0.1) is 12.2 Å². The number of carbonyl (C=O) groups excluding carboxylic acids is 1. The Morgan fingerprint density at radius 3 is 2.64 bits per heavy atom. The van der Waals surface area contributed by atoms with Crippen LogP contribution >= 0.6 is 11.8 Å². The summed E-state index contributed by atoms with van der Waals surface area (Å²) in [7, 11) is 0. The number of urea groups is 1. The van der Waals surface area contributed by atoms with Gasteiger partial charge >= 0.3 is 6.03 Å². The Hall–Kier alpha value is -2.15. The number of thioether (sulfide) groups is 1. The van der Waals surface area contributed by atoms with Crippen molar-refractivity contribution in [2.45, 2.75) is 24.1 Å². The lowest BCUT2D eigenvalue weighted by molar-refractivity contribution is 0.251. The molecular formula is C15H15F2N3OS. The zero-order chi connectivity index (χ0) is 15.9. The zero-order valence-electron chi connectivity index (χ0n) is 11.8. The molecule has 0 bridgehead atoms. The van der Waals surface area contributed by atoms with E-state index in [1.165, 1.54) is 12.1 Å². The minimum absolute atomic E-state index is 0.317. The Kier molecular flexibility index (Phi) is 5.71. The predicted molar refractivity (Wildman–Crippen MR) is 83.1 cm³/mol. The molecule has 22 heavy (non-hydrogen) atoms. The van der Waals surface area contributed by atoms with Crippen LogP contribution in [0.5, 0.6) is 0 Å². The number of hydrogen-bond acceptors (Lipinski definition) is 3. The number of nitrogens with zero attached hydrogens (tertiary/aromatic N) is 1. The van der Waals surface area contributed by atoms with Gasteiger partial charge in [-0.15, -0.1) is 0 Å². The summed E-state index contributed by atoms with van der Waals surface area (Å²) in [5.41, 5.74) is 2.33. The fourth-order valence-electron chi connectivity index (χ4n) is 1.76. The van der Waals surface area contributed by atoms with Gasteiger partial charge in [0.2, 0.25) is 0 Å². The lowest BCUT2D eigenvalue weighted by Crippen LogP contribution is -2.28. The van der Waals surface area contributed by atoms with E-state index in [0.717, 1.165) is 11.3 Å². The second kappa shape index (κ2) is 7.74. The average molecular weight is 323 g/mol. The molecule has 0 aliphatic carbocycles. The summed E-state index contributed by atoms with van der Waals surface area (Å²) in [6, 6.07) is 9.61. The molecule has 1 aromatic heterocycles. The lowest BCUT2D eigenvalue weighted by Gasteiger charge is -2.09. The minimum Gasteiger partial charge on any atom is -0.332 e. The monoisotopic (exact) mass is 323 g/mol. The molecule has 2 aromatic rings. The van der Waals surface area contributed by atoms with Crippen molar-refractivity contribution in [3.8, 4) is 0 Å². The van der Waals surface area contributed by atoms with Crippen LogP contribution in [0.2, 0.25) is 0 Å². The molecule has 1 heterocycles. The number of amides is 2. The van der Waals surface area contributed by atoms with E-state index in [-0.39, 0.29) is 6.03 Å². The summed E-state index contributed by atoms with van der Waals surface area (Å²) in [5, 5.41) is 5.33. The fraction of sp³-hybridized carbons (Fsp3) is 0.200. The van der Waals surface area contributed by atoms with Crippen LogP contribution in [0.3, 0.4) is 0 Å². The summed E-state index contributed by atoms with van der Waals surface area (Å²) in [6.45, 7) is 2.24. The molecule has 0 spiro atoms. The van der Waals surface area contributed by atoms with E-state index in [4.69, 9.17) is 0 Å². The van der Waals surface area contributed by atoms with Gasteiger partial charge in [0, 0.05) is 16.8 Å². The maximum atomic E-state index is 12.2. The van der Waals surface area contributed by atoms with Gasteiger partial charge in [0.15, 0.2) is 0 Å². The van der Waals surface area contributed by atoms with Crippen molar-refractivity contribution in [3.05, 3.63) is 53.9 Å². The second-order valence-corrected chi connectivity index (χ2v) is 5.54. The average Bonchev–Trinajstić information content (AvgIpc) is 2.48. The molecule has 2 amide bonds. The van der Waals surface area contributed by atoms with Gasteiger partial charge in [-0.2, -0.15) is 8.78 Å². The Bertz CT molecular complexity index is 635. The van der Waals surface area contributed by atoms with E-state index < -0.39 is 5.76 Å². The highest BCUT2D eigenvalue weighted by molar-refractivity contribution is 7.99. The summed E-state index contributed by atoms with van der Waals surface area (Å²) in [5.74, 6) is -2.45. The number of halogens is 2. The Morgan fingerprint density at radius 2 is 2.00 bits per heavy atom. The first kappa shape index (κ1) is 16.2. The molecule has 0 unspecified atom stereocenters. The van der Waals surface area contributed by atoms with Crippen molar-refractivity contribution < 1.29 is 13.6 Å². The normalized spacial score (nSPS) is 10.5. The Labute approximate surface area is 131 Å². The molecule has 2 rings (SSSR count). The Morgan fingerprint density at radius 1 is 1.27 bits per heavy atom. The molecule has 2 N–H and O–H groups in total. The van der Waals surface area contributed by atoms with Crippen LogP contribution in [0.4, 0.5) is 19.3 Å².